The number of hydrogen-bond acceptors (Lipinski definition) is 8. The number of ether oxygens (including phenoxy) is 3. The Bertz CT molecular complexity index is 1360. The second kappa shape index (κ2) is 10.9. The fourth-order valence-corrected chi connectivity index (χ4v) is 4.33. The fraction of sp³-hybridized carbons (Fsp3) is 0.167. The smallest absolute Gasteiger partial charge is 0.269 e. The van der Waals surface area contributed by atoms with E-state index in [-0.39, 0.29) is 22.7 Å². The maximum absolute atomic E-state index is 12.8. The van der Waals surface area contributed by atoms with E-state index in [0.717, 1.165) is 0 Å². The lowest BCUT2D eigenvalue weighted by Gasteiger charge is -2.19. The number of methoxy groups -OCH3 is 1. The zero-order valence-corrected chi connectivity index (χ0v) is 20.1. The predicted octanol–water partition coefficient (Wildman–Crippen LogP) is 2.14. The van der Waals surface area contributed by atoms with Gasteiger partial charge in [0, 0.05) is 23.0 Å². The quantitative estimate of drug-likeness (QED) is 0.336. The molecule has 0 aromatic heterocycles. The molecule has 0 spiro atoms. The normalized spacial score (nSPS) is 12.2. The SMILES string of the molecule is COc1ccc(NCC(=O)NNC(=O)c2cccc(NS(=O)(=O)c3ccc4c(c3)OCCO4)c2)cc1. The topological polar surface area (TPSA) is 144 Å². The molecule has 0 saturated heterocycles. The third-order valence-electron chi connectivity index (χ3n) is 5.06. The molecule has 1 aliphatic heterocycles. The van der Waals surface area contributed by atoms with Gasteiger partial charge in [0.2, 0.25) is 0 Å². The Labute approximate surface area is 207 Å². The molecule has 0 radical (unpaired) electrons. The van der Waals surface area contributed by atoms with Crippen LogP contribution in [0.15, 0.2) is 71.6 Å². The van der Waals surface area contributed by atoms with Crippen molar-refractivity contribution in [1.82, 2.24) is 10.9 Å². The van der Waals surface area contributed by atoms with E-state index in [1.54, 1.807) is 31.4 Å². The Morgan fingerprint density at radius 1 is 0.889 bits per heavy atom. The van der Waals surface area contributed by atoms with Crippen molar-refractivity contribution in [3.63, 3.8) is 0 Å². The van der Waals surface area contributed by atoms with Crippen molar-refractivity contribution in [2.24, 2.45) is 0 Å². The lowest BCUT2D eigenvalue weighted by atomic mass is 10.2. The van der Waals surface area contributed by atoms with Gasteiger partial charge in [-0.05, 0) is 54.6 Å². The number of carbonyl (C=O) groups excluding carboxylic acids is 2. The molecule has 188 valence electrons. The van der Waals surface area contributed by atoms with Gasteiger partial charge < -0.3 is 19.5 Å². The van der Waals surface area contributed by atoms with Crippen LogP contribution in [-0.2, 0) is 14.8 Å². The Hall–Kier alpha value is -4.45. The van der Waals surface area contributed by atoms with Gasteiger partial charge in [0.25, 0.3) is 21.8 Å². The van der Waals surface area contributed by atoms with Crippen LogP contribution in [0.5, 0.6) is 17.2 Å². The Kier molecular flexibility index (Phi) is 7.44. The molecule has 4 N–H and O–H groups in total. The van der Waals surface area contributed by atoms with Gasteiger partial charge in [-0.15, -0.1) is 0 Å². The standard InChI is InChI=1S/C24H24N4O7S/c1-33-19-7-5-17(6-8-19)25-15-23(29)26-27-24(30)16-3-2-4-18(13-16)28-36(31,32)20-9-10-21-22(14-20)35-12-11-34-21/h2-10,13-14,25,28H,11-12,15H2,1H3,(H,26,29)(H,27,30). The van der Waals surface area contributed by atoms with E-state index >= 15 is 0 Å². The van der Waals surface area contributed by atoms with Crippen LogP contribution in [0.25, 0.3) is 0 Å². The van der Waals surface area contributed by atoms with Gasteiger partial charge in [0.15, 0.2) is 11.5 Å². The third kappa shape index (κ3) is 6.16. The molecule has 1 heterocycles. The largest absolute Gasteiger partial charge is 0.497 e. The van der Waals surface area contributed by atoms with E-state index in [1.807, 2.05) is 0 Å². The third-order valence-corrected chi connectivity index (χ3v) is 6.44. The number of hydrogen-bond donors (Lipinski definition) is 4. The van der Waals surface area contributed by atoms with E-state index in [1.165, 1.54) is 42.5 Å². The van der Waals surface area contributed by atoms with Crippen LogP contribution in [-0.4, -0.2) is 47.1 Å². The number of hydrazine groups is 1. The van der Waals surface area contributed by atoms with Crippen LogP contribution < -0.4 is 35.1 Å². The zero-order valence-electron chi connectivity index (χ0n) is 19.2. The number of amides is 2. The summed E-state index contributed by atoms with van der Waals surface area (Å²) in [7, 11) is -2.40. The van der Waals surface area contributed by atoms with Gasteiger partial charge in [0.05, 0.1) is 18.6 Å². The number of sulfonamides is 1. The van der Waals surface area contributed by atoms with Gasteiger partial charge >= 0.3 is 0 Å². The molecule has 36 heavy (non-hydrogen) atoms. The van der Waals surface area contributed by atoms with Gasteiger partial charge in [-0.25, -0.2) is 8.42 Å². The van der Waals surface area contributed by atoms with Crippen molar-refractivity contribution in [3.05, 3.63) is 72.3 Å². The maximum Gasteiger partial charge on any atom is 0.269 e. The number of fused-ring (bicyclic) bond motifs is 1. The molecule has 0 bridgehead atoms. The average Bonchev–Trinajstić information content (AvgIpc) is 2.90. The molecule has 4 rings (SSSR count). The lowest BCUT2D eigenvalue weighted by molar-refractivity contribution is -0.120. The first-order valence-corrected chi connectivity index (χ1v) is 12.3. The summed E-state index contributed by atoms with van der Waals surface area (Å²) < 4.78 is 44.0. The highest BCUT2D eigenvalue weighted by Gasteiger charge is 2.20. The van der Waals surface area contributed by atoms with Crippen LogP contribution in [0.2, 0.25) is 0 Å². The molecule has 11 nitrogen and oxygen atoms in total. The van der Waals surface area contributed by atoms with Crippen molar-refractivity contribution >= 4 is 33.2 Å². The minimum atomic E-state index is -3.96. The Morgan fingerprint density at radius 3 is 2.39 bits per heavy atom. The van der Waals surface area contributed by atoms with E-state index in [2.05, 4.69) is 20.9 Å². The summed E-state index contributed by atoms with van der Waals surface area (Å²) in [5, 5.41) is 2.92. The summed E-state index contributed by atoms with van der Waals surface area (Å²) in [5.41, 5.74) is 5.62. The Balaban J connectivity index is 1.32. The molecule has 1 aliphatic rings. The minimum absolute atomic E-state index is 0.0155. The number of benzene rings is 3. The molecular formula is C24H24N4O7S. The highest BCUT2D eigenvalue weighted by molar-refractivity contribution is 7.92. The fourth-order valence-electron chi connectivity index (χ4n) is 3.26. The lowest BCUT2D eigenvalue weighted by Crippen LogP contribution is -2.44. The molecule has 0 atom stereocenters. The summed E-state index contributed by atoms with van der Waals surface area (Å²) in [6.07, 6.45) is 0. The predicted molar refractivity (Wildman–Crippen MR) is 132 cm³/mol. The Morgan fingerprint density at radius 2 is 1.64 bits per heavy atom. The minimum Gasteiger partial charge on any atom is -0.497 e. The monoisotopic (exact) mass is 512 g/mol. The van der Waals surface area contributed by atoms with Gasteiger partial charge in [-0.2, -0.15) is 0 Å². The second-order valence-electron chi connectivity index (χ2n) is 7.58. The molecule has 2 amide bonds. The summed E-state index contributed by atoms with van der Waals surface area (Å²) >= 11 is 0. The summed E-state index contributed by atoms with van der Waals surface area (Å²) in [6.45, 7) is 0.642. The molecule has 12 heteroatoms. The van der Waals surface area contributed by atoms with Gasteiger partial charge in [-0.1, -0.05) is 6.07 Å². The van der Waals surface area contributed by atoms with Crippen LogP contribution in [0.1, 0.15) is 10.4 Å². The van der Waals surface area contributed by atoms with Crippen LogP contribution in [0.4, 0.5) is 11.4 Å². The van der Waals surface area contributed by atoms with Crippen LogP contribution >= 0.6 is 0 Å². The zero-order chi connectivity index (χ0) is 25.5. The first kappa shape index (κ1) is 24.7. The molecule has 3 aromatic carbocycles. The highest BCUT2D eigenvalue weighted by Crippen LogP contribution is 2.32. The first-order valence-electron chi connectivity index (χ1n) is 10.8. The van der Waals surface area contributed by atoms with E-state index in [4.69, 9.17) is 14.2 Å². The van der Waals surface area contributed by atoms with E-state index in [0.29, 0.717) is 36.1 Å². The first-order chi connectivity index (χ1) is 17.3. The number of carbonyl (C=O) groups is 2. The van der Waals surface area contributed by atoms with Crippen molar-refractivity contribution in [2.45, 2.75) is 4.90 Å². The van der Waals surface area contributed by atoms with Crippen molar-refractivity contribution in [3.8, 4) is 17.2 Å². The second-order valence-corrected chi connectivity index (χ2v) is 9.26. The average molecular weight is 513 g/mol. The molecule has 0 fully saturated rings. The summed E-state index contributed by atoms with van der Waals surface area (Å²) in [5.74, 6) is 0.408. The molecule has 0 aliphatic carbocycles. The van der Waals surface area contributed by atoms with Crippen molar-refractivity contribution < 1.29 is 32.2 Å². The van der Waals surface area contributed by atoms with Crippen LogP contribution in [0.3, 0.4) is 0 Å². The number of anilines is 2. The molecule has 0 saturated carbocycles. The maximum atomic E-state index is 12.8. The van der Waals surface area contributed by atoms with Crippen molar-refractivity contribution in [1.29, 1.82) is 0 Å². The summed E-state index contributed by atoms with van der Waals surface area (Å²) in [4.78, 5) is 24.5. The summed E-state index contributed by atoms with van der Waals surface area (Å²) in [6, 6.07) is 17.2. The number of nitrogens with one attached hydrogen (secondary N) is 4. The van der Waals surface area contributed by atoms with E-state index < -0.39 is 21.8 Å². The highest BCUT2D eigenvalue weighted by atomic mass is 32.2. The molecule has 3 aromatic rings. The molecule has 0 unspecified atom stereocenters. The van der Waals surface area contributed by atoms with Crippen molar-refractivity contribution in [2.75, 3.05) is 36.9 Å². The van der Waals surface area contributed by atoms with E-state index in [9.17, 15) is 18.0 Å². The van der Waals surface area contributed by atoms with Gasteiger partial charge in [0.1, 0.15) is 19.0 Å². The van der Waals surface area contributed by atoms with Gasteiger partial charge in [-0.3, -0.25) is 25.2 Å². The number of rotatable bonds is 8. The van der Waals surface area contributed by atoms with Crippen LogP contribution in [0, 0.1) is 0 Å². The molecular weight excluding hydrogens is 488 g/mol.